The van der Waals surface area contributed by atoms with Gasteiger partial charge in [-0.3, -0.25) is 0 Å². The molecule has 0 saturated heterocycles. The first kappa shape index (κ1) is 43.2. The highest BCUT2D eigenvalue weighted by molar-refractivity contribution is 7.91. The molecule has 0 aliphatic carbocycles. The van der Waals surface area contributed by atoms with Gasteiger partial charge in [-0.15, -0.1) is 0 Å². The van der Waals surface area contributed by atoms with E-state index < -0.39 is 9.84 Å². The van der Waals surface area contributed by atoms with Crippen LogP contribution in [0.25, 0.3) is 0 Å². The largest absolute Gasteiger partial charge is 0.507 e. The van der Waals surface area contributed by atoms with Crippen LogP contribution in [0.1, 0.15) is 204 Å². The van der Waals surface area contributed by atoms with Crippen LogP contribution < -0.4 is 0 Å². The normalized spacial score (nSPS) is 11.8. The zero-order chi connectivity index (χ0) is 35.7. The van der Waals surface area contributed by atoms with Gasteiger partial charge in [-0.05, 0) is 97.9 Å². The molecule has 0 unspecified atom stereocenters. The summed E-state index contributed by atoms with van der Waals surface area (Å²) in [7, 11) is -3.86. The van der Waals surface area contributed by atoms with Gasteiger partial charge in [-0.2, -0.15) is 0 Å². The molecule has 2 rings (SSSR count). The predicted molar refractivity (Wildman–Crippen MR) is 210 cm³/mol. The van der Waals surface area contributed by atoms with Crippen molar-refractivity contribution >= 4 is 9.84 Å². The van der Waals surface area contributed by atoms with Gasteiger partial charge < -0.3 is 10.2 Å². The summed E-state index contributed by atoms with van der Waals surface area (Å²) in [5.74, 6) is 0.582. The second-order valence-electron chi connectivity index (χ2n) is 14.8. The summed E-state index contributed by atoms with van der Waals surface area (Å²) in [5.41, 5.74) is 3.04. The molecule has 0 atom stereocenters. The number of hydrogen-bond donors (Lipinski definition) is 2. The fourth-order valence-corrected chi connectivity index (χ4v) is 8.51. The van der Waals surface area contributed by atoms with Gasteiger partial charge in [-0.1, -0.05) is 156 Å². The van der Waals surface area contributed by atoms with Gasteiger partial charge in [0.05, 0.1) is 9.79 Å². The third-order valence-electron chi connectivity index (χ3n) is 10.3. The SMILES string of the molecule is CCCCCCCCc1cc(S(=O)(=O)c2cc(CCCCCCCC)c(O)c(CCCCCCCC)c2)cc(CCCCCCCC)c1O. The molecule has 0 spiro atoms. The molecule has 4 nitrogen and oxygen atoms in total. The minimum atomic E-state index is -3.86. The van der Waals surface area contributed by atoms with E-state index in [0.29, 0.717) is 37.2 Å². The van der Waals surface area contributed by atoms with E-state index >= 15 is 0 Å². The molecule has 0 saturated carbocycles. The lowest BCUT2D eigenvalue weighted by molar-refractivity contribution is 0.456. The van der Waals surface area contributed by atoms with Gasteiger partial charge in [0.2, 0.25) is 9.84 Å². The molecule has 2 aromatic carbocycles. The number of phenols is 2. The summed E-state index contributed by atoms with van der Waals surface area (Å²) in [4.78, 5) is 0.572. The third kappa shape index (κ3) is 16.3. The monoisotopic (exact) mass is 699 g/mol. The van der Waals surface area contributed by atoms with Gasteiger partial charge in [0, 0.05) is 0 Å². The topological polar surface area (TPSA) is 74.6 Å². The van der Waals surface area contributed by atoms with Crippen molar-refractivity contribution in [2.24, 2.45) is 0 Å². The maximum absolute atomic E-state index is 14.5. The number of aryl methyl sites for hydroxylation is 4. The lowest BCUT2D eigenvalue weighted by Gasteiger charge is -2.17. The zero-order valence-electron chi connectivity index (χ0n) is 32.2. The molecule has 0 aromatic heterocycles. The smallest absolute Gasteiger partial charge is 0.206 e. The van der Waals surface area contributed by atoms with Crippen LogP contribution in [-0.2, 0) is 35.5 Å². The maximum atomic E-state index is 14.5. The van der Waals surface area contributed by atoms with Crippen molar-refractivity contribution in [2.45, 2.75) is 217 Å². The summed E-state index contributed by atoms with van der Waals surface area (Å²) in [6, 6.07) is 6.98. The number of sulfone groups is 1. The standard InChI is InChI=1S/C44H74O4S/c1-5-9-13-17-21-25-29-37-33-41(34-38(43(37)45)30-26-22-18-14-10-6-2)49(47,48)42-35-39(31-27-23-19-15-11-7-3)44(46)40(36-42)32-28-24-20-16-12-8-4/h33-36,45-46H,5-32H2,1-4H3. The molecule has 0 bridgehead atoms. The molecule has 0 heterocycles. The Bertz CT molecular complexity index is 1100. The van der Waals surface area contributed by atoms with Gasteiger partial charge >= 0.3 is 0 Å². The number of rotatable bonds is 30. The fraction of sp³-hybridized carbons (Fsp3) is 0.727. The van der Waals surface area contributed by atoms with Gasteiger partial charge in [0.15, 0.2) is 0 Å². The van der Waals surface area contributed by atoms with Crippen molar-refractivity contribution in [3.63, 3.8) is 0 Å². The molecule has 0 aliphatic heterocycles. The first-order valence-corrected chi connectivity index (χ1v) is 22.2. The number of benzene rings is 2. The fourth-order valence-electron chi connectivity index (χ4n) is 7.05. The molecule has 49 heavy (non-hydrogen) atoms. The Kier molecular flexibility index (Phi) is 22.8. The molecule has 0 fully saturated rings. The van der Waals surface area contributed by atoms with Crippen LogP contribution in [0.4, 0.5) is 0 Å². The Morgan fingerprint density at radius 3 is 0.796 bits per heavy atom. The van der Waals surface area contributed by atoms with E-state index in [4.69, 9.17) is 0 Å². The van der Waals surface area contributed by atoms with Crippen LogP contribution in [0.2, 0.25) is 0 Å². The first-order valence-electron chi connectivity index (χ1n) is 20.7. The second-order valence-corrected chi connectivity index (χ2v) is 16.7. The first-order chi connectivity index (χ1) is 23.8. The molecule has 2 aromatic rings. The van der Waals surface area contributed by atoms with Crippen LogP contribution in [-0.4, -0.2) is 18.6 Å². The Morgan fingerprint density at radius 2 is 0.571 bits per heavy atom. The third-order valence-corrected chi connectivity index (χ3v) is 12.0. The summed E-state index contributed by atoms with van der Waals surface area (Å²) >= 11 is 0. The van der Waals surface area contributed by atoms with Crippen LogP contribution in [0.15, 0.2) is 34.1 Å². The Balaban J connectivity index is 2.41. The van der Waals surface area contributed by atoms with E-state index in [1.807, 2.05) is 0 Å². The molecular weight excluding hydrogens is 625 g/mol. The molecule has 0 amide bonds. The second kappa shape index (κ2) is 25.9. The number of hydrogen-bond acceptors (Lipinski definition) is 4. The van der Waals surface area contributed by atoms with Crippen molar-refractivity contribution < 1.29 is 18.6 Å². The molecule has 0 aliphatic rings. The summed E-state index contributed by atoms with van der Waals surface area (Å²) < 4.78 is 29.0. The van der Waals surface area contributed by atoms with E-state index in [9.17, 15) is 18.6 Å². The molecule has 5 heteroatoms. The van der Waals surface area contributed by atoms with E-state index in [-0.39, 0.29) is 9.79 Å². The summed E-state index contributed by atoms with van der Waals surface area (Å²) in [6.07, 6.45) is 30.3. The van der Waals surface area contributed by atoms with Crippen molar-refractivity contribution in [1.29, 1.82) is 0 Å². The molecular formula is C44H74O4S. The van der Waals surface area contributed by atoms with Crippen LogP contribution in [0.3, 0.4) is 0 Å². The van der Waals surface area contributed by atoms with Crippen LogP contribution in [0.5, 0.6) is 11.5 Å². The highest BCUT2D eigenvalue weighted by Crippen LogP contribution is 2.36. The van der Waals surface area contributed by atoms with E-state index in [2.05, 4.69) is 27.7 Å². The van der Waals surface area contributed by atoms with Gasteiger partial charge in [0.25, 0.3) is 0 Å². The minimum Gasteiger partial charge on any atom is -0.507 e. The Hall–Kier alpha value is -2.01. The molecule has 280 valence electrons. The average Bonchev–Trinajstić information content (AvgIpc) is 3.09. The maximum Gasteiger partial charge on any atom is 0.206 e. The van der Waals surface area contributed by atoms with Gasteiger partial charge in [0.1, 0.15) is 11.5 Å². The number of phenolic OH excluding ortho intramolecular Hbond substituents is 2. The Labute approximate surface area is 302 Å². The lowest BCUT2D eigenvalue weighted by atomic mass is 9.98. The van der Waals surface area contributed by atoms with Crippen molar-refractivity contribution in [3.8, 4) is 11.5 Å². The quantitative estimate of drug-likeness (QED) is 0.0796. The predicted octanol–water partition coefficient (Wildman–Crippen LogP) is 13.5. The lowest BCUT2D eigenvalue weighted by Crippen LogP contribution is -2.07. The Morgan fingerprint density at radius 1 is 0.367 bits per heavy atom. The number of unbranched alkanes of at least 4 members (excludes halogenated alkanes) is 20. The van der Waals surface area contributed by atoms with Crippen molar-refractivity contribution in [2.75, 3.05) is 0 Å². The highest BCUT2D eigenvalue weighted by Gasteiger charge is 2.24. The van der Waals surface area contributed by atoms with Crippen molar-refractivity contribution in [3.05, 3.63) is 46.5 Å². The molecule has 2 N–H and O–H groups in total. The molecule has 0 radical (unpaired) electrons. The van der Waals surface area contributed by atoms with Crippen LogP contribution >= 0.6 is 0 Å². The summed E-state index contributed by atoms with van der Waals surface area (Å²) in [6.45, 7) is 8.88. The highest BCUT2D eigenvalue weighted by atomic mass is 32.2. The number of aromatic hydroxyl groups is 2. The summed E-state index contributed by atoms with van der Waals surface area (Å²) in [5, 5.41) is 22.8. The minimum absolute atomic E-state index is 0.286. The van der Waals surface area contributed by atoms with Crippen LogP contribution in [0, 0.1) is 0 Å². The zero-order valence-corrected chi connectivity index (χ0v) is 33.0. The average molecular weight is 699 g/mol. The van der Waals surface area contributed by atoms with E-state index in [1.165, 1.54) is 103 Å². The van der Waals surface area contributed by atoms with E-state index in [0.717, 1.165) is 73.6 Å². The van der Waals surface area contributed by atoms with Gasteiger partial charge in [-0.25, -0.2) is 8.42 Å². The van der Waals surface area contributed by atoms with Crippen molar-refractivity contribution in [1.82, 2.24) is 0 Å². The van der Waals surface area contributed by atoms with E-state index in [1.54, 1.807) is 24.3 Å².